The van der Waals surface area contributed by atoms with Crippen LogP contribution in [0.4, 0.5) is 14.5 Å². The maximum absolute atomic E-state index is 13.5. The van der Waals surface area contributed by atoms with Gasteiger partial charge in [-0.15, -0.1) is 0 Å². The Morgan fingerprint density at radius 3 is 2.67 bits per heavy atom. The van der Waals surface area contributed by atoms with Crippen LogP contribution in [-0.2, 0) is 14.8 Å². The van der Waals surface area contributed by atoms with Gasteiger partial charge in [-0.2, -0.15) is 0 Å². The molecule has 1 fully saturated rings. The molecule has 0 unspecified atom stereocenters. The number of ether oxygens (including phenoxy) is 1. The molecule has 0 amide bonds. The Morgan fingerprint density at radius 1 is 1.29 bits per heavy atom. The first-order valence-electron chi connectivity index (χ1n) is 6.72. The second-order valence-corrected chi connectivity index (χ2v) is 6.81. The van der Waals surface area contributed by atoms with Gasteiger partial charge in [0, 0.05) is 25.8 Å². The number of halogens is 2. The molecule has 1 saturated carbocycles. The molecule has 5 nitrogen and oxygen atoms in total. The fourth-order valence-corrected chi connectivity index (χ4v) is 2.91. The zero-order valence-electron chi connectivity index (χ0n) is 11.4. The van der Waals surface area contributed by atoms with E-state index in [1.807, 2.05) is 0 Å². The molecule has 2 rings (SSSR count). The summed E-state index contributed by atoms with van der Waals surface area (Å²) in [7, 11) is -4.05. The van der Waals surface area contributed by atoms with Gasteiger partial charge in [0.1, 0.15) is 16.5 Å². The van der Waals surface area contributed by atoms with E-state index >= 15 is 0 Å². The van der Waals surface area contributed by atoms with E-state index in [4.69, 9.17) is 10.5 Å². The number of nitrogens with two attached hydrogens (primary N) is 1. The number of nitrogen functional groups attached to an aromatic ring is 1. The average molecular weight is 320 g/mol. The van der Waals surface area contributed by atoms with Crippen molar-refractivity contribution in [2.45, 2.75) is 24.2 Å². The van der Waals surface area contributed by atoms with Crippen molar-refractivity contribution in [2.24, 2.45) is 5.92 Å². The van der Waals surface area contributed by atoms with Crippen LogP contribution in [0.15, 0.2) is 17.0 Å². The summed E-state index contributed by atoms with van der Waals surface area (Å²) in [5.74, 6) is -1.50. The lowest BCUT2D eigenvalue weighted by Gasteiger charge is -2.09. The first-order valence-corrected chi connectivity index (χ1v) is 8.20. The first-order chi connectivity index (χ1) is 9.90. The van der Waals surface area contributed by atoms with Crippen molar-refractivity contribution in [1.29, 1.82) is 0 Å². The van der Waals surface area contributed by atoms with E-state index in [1.54, 1.807) is 0 Å². The lowest BCUT2D eigenvalue weighted by Crippen LogP contribution is -2.26. The van der Waals surface area contributed by atoms with Crippen LogP contribution >= 0.6 is 0 Å². The molecule has 118 valence electrons. The molecular weight excluding hydrogens is 302 g/mol. The van der Waals surface area contributed by atoms with Crippen LogP contribution in [-0.4, -0.2) is 28.2 Å². The van der Waals surface area contributed by atoms with Gasteiger partial charge in [0.2, 0.25) is 10.0 Å². The number of rotatable bonds is 8. The summed E-state index contributed by atoms with van der Waals surface area (Å²) >= 11 is 0. The third-order valence-corrected chi connectivity index (χ3v) is 4.62. The van der Waals surface area contributed by atoms with E-state index in [9.17, 15) is 17.2 Å². The predicted octanol–water partition coefficient (Wildman–Crippen LogP) is 1.64. The van der Waals surface area contributed by atoms with Crippen molar-refractivity contribution in [3.63, 3.8) is 0 Å². The SMILES string of the molecule is Nc1cc(S(=O)(=O)NCCCOCC2CC2)c(F)cc1F. The summed E-state index contributed by atoms with van der Waals surface area (Å²) in [6.07, 6.45) is 2.86. The molecule has 0 bridgehead atoms. The summed E-state index contributed by atoms with van der Waals surface area (Å²) in [4.78, 5) is -0.653. The Morgan fingerprint density at radius 2 is 2.00 bits per heavy atom. The molecule has 0 heterocycles. The maximum Gasteiger partial charge on any atom is 0.243 e. The van der Waals surface area contributed by atoms with Crippen molar-refractivity contribution >= 4 is 15.7 Å². The predicted molar refractivity (Wildman–Crippen MR) is 74.1 cm³/mol. The first kappa shape index (κ1) is 16.1. The highest BCUT2D eigenvalue weighted by molar-refractivity contribution is 7.89. The fraction of sp³-hybridized carbons (Fsp3) is 0.538. The quantitative estimate of drug-likeness (QED) is 0.563. The second kappa shape index (κ2) is 6.67. The lowest BCUT2D eigenvalue weighted by molar-refractivity contribution is 0.123. The van der Waals surface area contributed by atoms with Crippen LogP contribution in [0, 0.1) is 17.6 Å². The normalized spacial score (nSPS) is 15.3. The number of nitrogens with one attached hydrogen (secondary N) is 1. The van der Waals surface area contributed by atoms with Gasteiger partial charge < -0.3 is 10.5 Å². The fourth-order valence-electron chi connectivity index (χ4n) is 1.74. The van der Waals surface area contributed by atoms with Gasteiger partial charge in [0.25, 0.3) is 0 Å². The number of hydrogen-bond donors (Lipinski definition) is 2. The smallest absolute Gasteiger partial charge is 0.243 e. The van der Waals surface area contributed by atoms with Gasteiger partial charge in [-0.05, 0) is 31.2 Å². The maximum atomic E-state index is 13.5. The van der Waals surface area contributed by atoms with Gasteiger partial charge in [-0.1, -0.05) is 0 Å². The van der Waals surface area contributed by atoms with E-state index in [0.717, 1.165) is 6.07 Å². The van der Waals surface area contributed by atoms with Gasteiger partial charge in [-0.3, -0.25) is 0 Å². The highest BCUT2D eigenvalue weighted by Crippen LogP contribution is 2.28. The van der Waals surface area contributed by atoms with E-state index in [2.05, 4.69) is 4.72 Å². The molecule has 0 aliphatic heterocycles. The van der Waals surface area contributed by atoms with Crippen molar-refractivity contribution in [3.05, 3.63) is 23.8 Å². The Kier molecular flexibility index (Phi) is 5.13. The minimum Gasteiger partial charge on any atom is -0.396 e. The highest BCUT2D eigenvalue weighted by Gasteiger charge is 2.22. The molecule has 1 aromatic carbocycles. The second-order valence-electron chi connectivity index (χ2n) is 5.07. The third kappa shape index (κ3) is 4.62. The van der Waals surface area contributed by atoms with Gasteiger partial charge in [-0.25, -0.2) is 21.9 Å². The van der Waals surface area contributed by atoms with Crippen molar-refractivity contribution in [1.82, 2.24) is 4.72 Å². The zero-order chi connectivity index (χ0) is 15.5. The molecule has 3 N–H and O–H groups in total. The summed E-state index contributed by atoms with van der Waals surface area (Å²) in [6.45, 7) is 1.26. The Balaban J connectivity index is 1.84. The van der Waals surface area contributed by atoms with Gasteiger partial charge in [0.05, 0.1) is 5.69 Å². The van der Waals surface area contributed by atoms with Crippen LogP contribution in [0.5, 0.6) is 0 Å². The molecule has 21 heavy (non-hydrogen) atoms. The topological polar surface area (TPSA) is 81.4 Å². The number of benzene rings is 1. The minimum atomic E-state index is -4.05. The Labute approximate surface area is 122 Å². The van der Waals surface area contributed by atoms with Crippen LogP contribution in [0.2, 0.25) is 0 Å². The summed E-state index contributed by atoms with van der Waals surface area (Å²) in [5.41, 5.74) is 4.85. The van der Waals surface area contributed by atoms with Crippen LogP contribution in [0.1, 0.15) is 19.3 Å². The minimum absolute atomic E-state index is 0.115. The van der Waals surface area contributed by atoms with Crippen LogP contribution < -0.4 is 10.5 Å². The van der Waals surface area contributed by atoms with E-state index in [0.29, 0.717) is 31.6 Å². The number of hydrogen-bond acceptors (Lipinski definition) is 4. The standard InChI is InChI=1S/C13H18F2N2O3S/c14-10-6-11(15)13(7-12(10)16)21(18,19)17-4-1-5-20-8-9-2-3-9/h6-7,9,17H,1-5,8,16H2. The average Bonchev–Trinajstić information content (AvgIpc) is 3.22. The molecule has 0 saturated heterocycles. The van der Waals surface area contributed by atoms with Gasteiger partial charge in [0.15, 0.2) is 0 Å². The number of anilines is 1. The Bertz CT molecular complexity index is 604. The van der Waals surface area contributed by atoms with Crippen molar-refractivity contribution in [2.75, 3.05) is 25.5 Å². The molecule has 1 aliphatic carbocycles. The van der Waals surface area contributed by atoms with Crippen molar-refractivity contribution in [3.8, 4) is 0 Å². The van der Waals surface area contributed by atoms with Gasteiger partial charge >= 0.3 is 0 Å². The lowest BCUT2D eigenvalue weighted by atomic mass is 10.3. The monoisotopic (exact) mass is 320 g/mol. The Hall–Kier alpha value is -1.25. The molecule has 0 atom stereocenters. The molecule has 1 aromatic rings. The molecular formula is C13H18F2N2O3S. The molecule has 0 spiro atoms. The molecule has 0 radical (unpaired) electrons. The summed E-state index contributed by atoms with van der Waals surface area (Å²) in [5, 5.41) is 0. The van der Waals surface area contributed by atoms with Crippen LogP contribution in [0.25, 0.3) is 0 Å². The molecule has 0 aromatic heterocycles. The zero-order valence-corrected chi connectivity index (χ0v) is 12.3. The van der Waals surface area contributed by atoms with Crippen LogP contribution in [0.3, 0.4) is 0 Å². The van der Waals surface area contributed by atoms with E-state index in [1.165, 1.54) is 12.8 Å². The van der Waals surface area contributed by atoms with E-state index in [-0.39, 0.29) is 6.54 Å². The molecule has 1 aliphatic rings. The summed E-state index contributed by atoms with van der Waals surface area (Å²) < 4.78 is 57.9. The number of sulfonamides is 1. The largest absolute Gasteiger partial charge is 0.396 e. The third-order valence-electron chi connectivity index (χ3n) is 3.15. The van der Waals surface area contributed by atoms with Crippen molar-refractivity contribution < 1.29 is 21.9 Å². The highest BCUT2D eigenvalue weighted by atomic mass is 32.2. The summed E-state index contributed by atoms with van der Waals surface area (Å²) in [6, 6.07) is 1.24. The van der Waals surface area contributed by atoms with E-state index < -0.39 is 32.2 Å². The molecule has 8 heteroatoms.